The summed E-state index contributed by atoms with van der Waals surface area (Å²) >= 11 is 0. The first-order valence-electron chi connectivity index (χ1n) is 8.49. The molecule has 0 spiro atoms. The molecular weight excluding hydrogens is 278 g/mol. The number of nitrogens with zero attached hydrogens (tertiary/aromatic N) is 1. The van der Waals surface area contributed by atoms with Crippen molar-refractivity contribution in [2.75, 3.05) is 25.0 Å². The van der Waals surface area contributed by atoms with E-state index in [9.17, 15) is 0 Å². The van der Waals surface area contributed by atoms with E-state index in [-0.39, 0.29) is 6.61 Å². The summed E-state index contributed by atoms with van der Waals surface area (Å²) in [6.45, 7) is 7.85. The third-order valence-electron chi connectivity index (χ3n) is 3.45. The van der Waals surface area contributed by atoms with Gasteiger partial charge in [-0.1, -0.05) is 44.4 Å². The topological polar surface area (TPSA) is 41.9 Å². The molecule has 1 N–H and O–H groups in total. The minimum atomic E-state index is 0.195. The maximum atomic E-state index is 9.10. The zero-order valence-electron chi connectivity index (χ0n) is 14.3. The Hall–Kier alpha value is -1.10. The lowest BCUT2D eigenvalue weighted by molar-refractivity contribution is -0.0912. The Bertz CT molecular complexity index is 399. The van der Waals surface area contributed by atoms with Crippen LogP contribution in [0, 0.1) is 6.92 Å². The van der Waals surface area contributed by atoms with Crippen LogP contribution in [0.4, 0.5) is 5.69 Å². The number of hydrogen-bond acceptors (Lipinski definition) is 4. The fourth-order valence-electron chi connectivity index (χ4n) is 2.12. The van der Waals surface area contributed by atoms with Crippen molar-refractivity contribution in [3.8, 4) is 0 Å². The molecule has 0 atom stereocenters. The van der Waals surface area contributed by atoms with E-state index >= 15 is 0 Å². The summed E-state index contributed by atoms with van der Waals surface area (Å²) in [7, 11) is 0. The molecule has 22 heavy (non-hydrogen) atoms. The highest BCUT2D eigenvalue weighted by molar-refractivity contribution is 5.51. The van der Waals surface area contributed by atoms with E-state index in [1.807, 2.05) is 6.07 Å². The quantitative estimate of drug-likeness (QED) is 0.464. The molecule has 4 nitrogen and oxygen atoms in total. The van der Waals surface area contributed by atoms with E-state index in [0.717, 1.165) is 49.8 Å². The maximum absolute atomic E-state index is 9.10. The van der Waals surface area contributed by atoms with E-state index < -0.39 is 0 Å². The van der Waals surface area contributed by atoms with E-state index in [0.29, 0.717) is 13.2 Å². The molecule has 0 amide bonds. The van der Waals surface area contributed by atoms with E-state index in [1.54, 1.807) is 5.23 Å². The fourth-order valence-corrected chi connectivity index (χ4v) is 2.12. The number of hydrogen-bond donors (Lipinski definition) is 1. The van der Waals surface area contributed by atoms with Crippen molar-refractivity contribution in [1.29, 1.82) is 0 Å². The van der Waals surface area contributed by atoms with Gasteiger partial charge in [-0.25, -0.2) is 9.68 Å². The van der Waals surface area contributed by atoms with Crippen molar-refractivity contribution >= 4 is 5.69 Å². The third kappa shape index (κ3) is 6.77. The summed E-state index contributed by atoms with van der Waals surface area (Å²) in [6.07, 6.45) is 5.76. The van der Waals surface area contributed by atoms with Gasteiger partial charge in [-0.2, -0.15) is 0 Å². The number of anilines is 1. The molecule has 0 aliphatic rings. The normalized spacial score (nSPS) is 10.9. The zero-order valence-corrected chi connectivity index (χ0v) is 14.3. The molecule has 0 saturated carbocycles. The summed E-state index contributed by atoms with van der Waals surface area (Å²) in [4.78, 5) is 11.6. The molecule has 0 unspecified atom stereocenters. The van der Waals surface area contributed by atoms with Gasteiger partial charge in [0.25, 0.3) is 0 Å². The average Bonchev–Trinajstić information content (AvgIpc) is 2.52. The first-order chi connectivity index (χ1) is 10.7. The number of aryl methyl sites for hydroxylation is 2. The summed E-state index contributed by atoms with van der Waals surface area (Å²) in [5.74, 6) is 0. The van der Waals surface area contributed by atoms with Gasteiger partial charge in [0.2, 0.25) is 0 Å². The van der Waals surface area contributed by atoms with Crippen LogP contribution in [0.3, 0.4) is 0 Å². The third-order valence-corrected chi connectivity index (χ3v) is 3.45. The summed E-state index contributed by atoms with van der Waals surface area (Å²) in [5, 5.41) is 10.7. The summed E-state index contributed by atoms with van der Waals surface area (Å²) in [5.41, 5.74) is 3.31. The number of rotatable bonds is 12. The number of benzene rings is 1. The predicted octanol–water partition coefficient (Wildman–Crippen LogP) is 4.19. The van der Waals surface area contributed by atoms with Crippen LogP contribution >= 0.6 is 0 Å². The van der Waals surface area contributed by atoms with Gasteiger partial charge in [-0.05, 0) is 44.2 Å². The van der Waals surface area contributed by atoms with Crippen LogP contribution in [-0.4, -0.2) is 24.9 Å². The predicted molar refractivity (Wildman–Crippen MR) is 90.8 cm³/mol. The van der Waals surface area contributed by atoms with Crippen molar-refractivity contribution in [2.45, 2.75) is 59.3 Å². The van der Waals surface area contributed by atoms with E-state index in [1.165, 1.54) is 5.56 Å². The van der Waals surface area contributed by atoms with Crippen LogP contribution in [-0.2, 0) is 16.1 Å². The second kappa shape index (κ2) is 11.5. The van der Waals surface area contributed by atoms with Crippen molar-refractivity contribution in [1.82, 2.24) is 0 Å². The van der Waals surface area contributed by atoms with Gasteiger partial charge >= 0.3 is 0 Å². The first-order valence-corrected chi connectivity index (χ1v) is 8.49. The van der Waals surface area contributed by atoms with E-state index in [4.69, 9.17) is 14.8 Å². The minimum Gasteiger partial charge on any atom is -0.396 e. The van der Waals surface area contributed by atoms with E-state index in [2.05, 4.69) is 32.9 Å². The van der Waals surface area contributed by atoms with Gasteiger partial charge in [-0.3, -0.25) is 0 Å². The van der Waals surface area contributed by atoms with Crippen LogP contribution in [0.15, 0.2) is 18.2 Å². The molecule has 0 radical (unpaired) electrons. The average molecular weight is 309 g/mol. The second-order valence-electron chi connectivity index (χ2n) is 5.59. The number of aliphatic hydroxyl groups excluding tert-OH is 1. The summed E-state index contributed by atoms with van der Waals surface area (Å²) in [6, 6.07) is 6.25. The van der Waals surface area contributed by atoms with Gasteiger partial charge in [0, 0.05) is 6.61 Å². The lowest BCUT2D eigenvalue weighted by atomic mass is 10.1. The molecule has 0 heterocycles. The molecule has 1 aromatic rings. The molecule has 0 bridgehead atoms. The zero-order chi connectivity index (χ0) is 16.2. The molecule has 0 aliphatic heterocycles. The Morgan fingerprint density at radius 2 is 1.64 bits per heavy atom. The van der Waals surface area contributed by atoms with Crippen molar-refractivity contribution in [3.05, 3.63) is 29.3 Å². The smallest absolute Gasteiger partial charge is 0.0979 e. The minimum absolute atomic E-state index is 0.195. The molecule has 4 heteroatoms. The van der Waals surface area contributed by atoms with Crippen LogP contribution < -0.4 is 5.23 Å². The lowest BCUT2D eigenvalue weighted by Crippen LogP contribution is -2.26. The lowest BCUT2D eigenvalue weighted by Gasteiger charge is -2.25. The Kier molecular flexibility index (Phi) is 9.87. The summed E-state index contributed by atoms with van der Waals surface area (Å²) < 4.78 is 0. The van der Waals surface area contributed by atoms with Crippen molar-refractivity contribution in [2.24, 2.45) is 0 Å². The molecule has 0 aliphatic carbocycles. The standard InChI is InChI=1S/C18H31NO3/c1-4-6-13-21-19(22-14-7-5-2)18-11-10-16(3)15-17(18)9-8-12-20/h10-11,15,20H,4-9,12-14H2,1-3H3. The largest absolute Gasteiger partial charge is 0.396 e. The van der Waals surface area contributed by atoms with Gasteiger partial charge in [0.15, 0.2) is 0 Å². The molecule has 0 fully saturated rings. The Morgan fingerprint density at radius 3 is 2.18 bits per heavy atom. The SMILES string of the molecule is CCCCON(OCCCC)c1ccc(C)cc1CCCO. The van der Waals surface area contributed by atoms with Crippen molar-refractivity contribution < 1.29 is 14.8 Å². The molecule has 126 valence electrons. The highest BCUT2D eigenvalue weighted by Crippen LogP contribution is 2.24. The second-order valence-corrected chi connectivity index (χ2v) is 5.59. The Morgan fingerprint density at radius 1 is 1.00 bits per heavy atom. The van der Waals surface area contributed by atoms with Crippen LogP contribution in [0.5, 0.6) is 0 Å². The molecule has 1 rings (SSSR count). The highest BCUT2D eigenvalue weighted by atomic mass is 16.9. The van der Waals surface area contributed by atoms with Crippen LogP contribution in [0.1, 0.15) is 57.1 Å². The number of unbranched alkanes of at least 4 members (excludes halogenated alkanes) is 2. The van der Waals surface area contributed by atoms with Gasteiger partial charge in [0.05, 0.1) is 18.9 Å². The monoisotopic (exact) mass is 309 g/mol. The highest BCUT2D eigenvalue weighted by Gasteiger charge is 2.13. The maximum Gasteiger partial charge on any atom is 0.0979 e. The van der Waals surface area contributed by atoms with Crippen molar-refractivity contribution in [3.63, 3.8) is 0 Å². The molecule has 0 saturated heterocycles. The molecule has 1 aromatic carbocycles. The molecular formula is C18H31NO3. The number of aliphatic hydroxyl groups is 1. The first kappa shape index (κ1) is 18.9. The van der Waals surface area contributed by atoms with Gasteiger partial charge in [0.1, 0.15) is 0 Å². The van der Waals surface area contributed by atoms with Crippen LogP contribution in [0.2, 0.25) is 0 Å². The van der Waals surface area contributed by atoms with Crippen LogP contribution in [0.25, 0.3) is 0 Å². The fraction of sp³-hybridized carbons (Fsp3) is 0.667. The Labute approximate surface area is 134 Å². The van der Waals surface area contributed by atoms with Gasteiger partial charge < -0.3 is 5.11 Å². The molecule has 0 aromatic heterocycles. The van der Waals surface area contributed by atoms with Gasteiger partial charge in [-0.15, -0.1) is 5.23 Å². The Balaban J connectivity index is 2.84.